The monoisotopic (exact) mass is 1170 g/mol. The third-order valence-corrected chi connectivity index (χ3v) is 21.0. The summed E-state index contributed by atoms with van der Waals surface area (Å²) in [5.74, 6) is 0. The molecule has 0 saturated carbocycles. The second-order valence-electron chi connectivity index (χ2n) is 26.2. The van der Waals surface area contributed by atoms with Gasteiger partial charge in [-0.2, -0.15) is 0 Å². The van der Waals surface area contributed by atoms with Crippen molar-refractivity contribution in [3.63, 3.8) is 0 Å². The van der Waals surface area contributed by atoms with E-state index in [4.69, 9.17) is 9.97 Å². The third kappa shape index (κ3) is 6.50. The van der Waals surface area contributed by atoms with E-state index < -0.39 is 0 Å². The zero-order chi connectivity index (χ0) is 60.5. The number of nitrogens with zero attached hydrogens (tertiary/aromatic N) is 2. The highest BCUT2D eigenvalue weighted by molar-refractivity contribution is 6.47. The lowest BCUT2D eigenvalue weighted by molar-refractivity contribution is 1.45. The van der Waals surface area contributed by atoms with Crippen LogP contribution in [-0.4, -0.2) is 19.9 Å². The van der Waals surface area contributed by atoms with Gasteiger partial charge in [0.1, 0.15) is 0 Å². The molecule has 0 radical (unpaired) electrons. The summed E-state index contributed by atoms with van der Waals surface area (Å²) in [6.07, 6.45) is 0. The molecule has 0 spiro atoms. The number of aryl methyl sites for hydroxylation is 4. The van der Waals surface area contributed by atoms with Crippen molar-refractivity contribution in [3.8, 4) is 44.5 Å². The fourth-order valence-electron chi connectivity index (χ4n) is 17.0. The largest absolute Gasteiger partial charge is 0.353 e. The maximum atomic E-state index is 6.46. The third-order valence-electron chi connectivity index (χ3n) is 21.0. The van der Waals surface area contributed by atoms with Crippen LogP contribution in [0.15, 0.2) is 243 Å². The van der Waals surface area contributed by atoms with Crippen molar-refractivity contribution in [1.82, 2.24) is 19.9 Å². The van der Waals surface area contributed by atoms with Crippen LogP contribution in [0.3, 0.4) is 0 Å². The fraction of sp³-hybridized carbons (Fsp3) is 0.0455. The average Bonchev–Trinajstić information content (AvgIpc) is 1.53. The molecular weight excluding hydrogens is 1110 g/mol. The van der Waals surface area contributed by atoms with E-state index in [9.17, 15) is 0 Å². The van der Waals surface area contributed by atoms with Crippen LogP contribution in [-0.2, 0) is 0 Å². The molecule has 0 unspecified atom stereocenters. The zero-order valence-corrected chi connectivity index (χ0v) is 51.0. The van der Waals surface area contributed by atoms with Crippen molar-refractivity contribution < 1.29 is 0 Å². The molecule has 0 aliphatic carbocycles. The highest BCUT2D eigenvalue weighted by Crippen LogP contribution is 2.56. The van der Waals surface area contributed by atoms with Crippen LogP contribution in [0.5, 0.6) is 0 Å². The van der Waals surface area contributed by atoms with Crippen LogP contribution < -0.4 is 0 Å². The van der Waals surface area contributed by atoms with E-state index in [1.54, 1.807) is 0 Å². The van der Waals surface area contributed by atoms with Gasteiger partial charge in [0, 0.05) is 65.3 Å². The summed E-state index contributed by atoms with van der Waals surface area (Å²) in [4.78, 5) is 21.9. The Morgan fingerprint density at radius 3 is 0.576 bits per heavy atom. The van der Waals surface area contributed by atoms with Gasteiger partial charge in [-0.15, -0.1) is 0 Å². The number of nitrogens with one attached hydrogen (secondary N) is 2. The molecule has 0 aliphatic rings. The van der Waals surface area contributed by atoms with E-state index in [1.165, 1.54) is 130 Å². The Kier molecular flexibility index (Phi) is 9.82. The van der Waals surface area contributed by atoms with Gasteiger partial charge in [0.15, 0.2) is 0 Å². The van der Waals surface area contributed by atoms with Gasteiger partial charge in [-0.1, -0.05) is 265 Å². The highest BCUT2D eigenvalue weighted by atomic mass is 14.8. The van der Waals surface area contributed by atoms with Gasteiger partial charge in [-0.05, 0) is 136 Å². The van der Waals surface area contributed by atoms with E-state index in [2.05, 4.69) is 280 Å². The standard InChI is InChI=1S/C88H54N4/c1-45-29-37-53(38-30-45)69-81-73-57-21-5-13-49-15-7-23-59(65(49)57)75(73)83(89-81)70(54-39-31-46(2)32-40-54)85-77-61-25-9-17-51-19-11-27-63(67(51)61)79(77)87(91-85)72(56-43-35-48(4)36-44-56)88-80-64-28-12-20-52-18-10-26-62(68(52)64)78(80)86(92-88)71(55-41-33-47(3)34-42-55)84-76-60-24-8-16-50-14-6-22-58(66(50)60)74(76)82(69)90-84/h5-44,89,92H,1-4H3. The molecule has 8 bridgehead atoms. The van der Waals surface area contributed by atoms with Gasteiger partial charge in [-0.3, -0.25) is 0 Å². The van der Waals surface area contributed by atoms with Crippen molar-refractivity contribution in [2.24, 2.45) is 0 Å². The summed E-state index contributed by atoms with van der Waals surface area (Å²) >= 11 is 0. The molecule has 21 aromatic rings. The number of hydrogen-bond donors (Lipinski definition) is 2. The molecule has 2 N–H and O–H groups in total. The van der Waals surface area contributed by atoms with Gasteiger partial charge < -0.3 is 9.97 Å². The van der Waals surface area contributed by atoms with Crippen LogP contribution in [0.1, 0.15) is 22.3 Å². The van der Waals surface area contributed by atoms with Crippen molar-refractivity contribution in [1.29, 1.82) is 0 Å². The van der Waals surface area contributed by atoms with E-state index in [1.807, 2.05) is 0 Å². The zero-order valence-electron chi connectivity index (χ0n) is 51.0. The molecule has 0 aliphatic heterocycles. The van der Waals surface area contributed by atoms with Crippen molar-refractivity contribution >= 4 is 173 Å². The Labute approximate surface area is 527 Å². The molecule has 0 saturated heterocycles. The van der Waals surface area contributed by atoms with Gasteiger partial charge in [0.25, 0.3) is 0 Å². The Hall–Kier alpha value is -11.7. The molecule has 21 rings (SSSR count). The first kappa shape index (κ1) is 50.2. The number of H-pyrrole nitrogens is 2. The topological polar surface area (TPSA) is 57.4 Å². The quantitative estimate of drug-likeness (QED) is 0.184. The molecule has 4 nitrogen and oxygen atoms in total. The summed E-state index contributed by atoms with van der Waals surface area (Å²) in [5.41, 5.74) is 21.1. The highest BCUT2D eigenvalue weighted by Gasteiger charge is 2.31. The summed E-state index contributed by atoms with van der Waals surface area (Å²) in [6.45, 7) is 8.76. The second-order valence-corrected chi connectivity index (χ2v) is 26.2. The van der Waals surface area contributed by atoms with Crippen LogP contribution in [0, 0.1) is 27.7 Å². The van der Waals surface area contributed by atoms with Gasteiger partial charge >= 0.3 is 0 Å². The average molecular weight is 1170 g/mol. The molecule has 4 aromatic heterocycles. The number of benzene rings is 12. The van der Waals surface area contributed by atoms with Crippen LogP contribution in [0.2, 0.25) is 0 Å². The molecule has 17 aromatic carbocycles. The van der Waals surface area contributed by atoms with E-state index in [0.717, 1.165) is 110 Å². The summed E-state index contributed by atoms with van der Waals surface area (Å²) in [5, 5.41) is 28.7. The van der Waals surface area contributed by atoms with Crippen molar-refractivity contribution in [2.45, 2.75) is 27.7 Å². The number of rotatable bonds is 4. The Morgan fingerprint density at radius 1 is 0.196 bits per heavy atom. The summed E-state index contributed by atoms with van der Waals surface area (Å²) in [6, 6.07) is 91.8. The molecule has 0 atom stereocenters. The minimum atomic E-state index is 0.937. The molecule has 426 valence electrons. The van der Waals surface area contributed by atoms with Crippen LogP contribution in [0.25, 0.3) is 218 Å². The van der Waals surface area contributed by atoms with Crippen LogP contribution >= 0.6 is 0 Å². The minimum Gasteiger partial charge on any atom is -0.353 e. The first-order chi connectivity index (χ1) is 45.3. The van der Waals surface area contributed by atoms with Crippen molar-refractivity contribution in [2.75, 3.05) is 0 Å². The van der Waals surface area contributed by atoms with E-state index in [0.29, 0.717) is 0 Å². The van der Waals surface area contributed by atoms with Crippen LogP contribution in [0.4, 0.5) is 0 Å². The lowest BCUT2D eigenvalue weighted by Gasteiger charge is -2.08. The molecule has 4 heterocycles. The summed E-state index contributed by atoms with van der Waals surface area (Å²) in [7, 11) is 0. The summed E-state index contributed by atoms with van der Waals surface area (Å²) < 4.78 is 0. The van der Waals surface area contributed by atoms with Gasteiger partial charge in [0.2, 0.25) is 0 Å². The lowest BCUT2D eigenvalue weighted by Crippen LogP contribution is -1.87. The number of aromatic amines is 2. The van der Waals surface area contributed by atoms with Gasteiger partial charge in [0.05, 0.1) is 44.1 Å². The van der Waals surface area contributed by atoms with E-state index >= 15 is 0 Å². The number of aromatic nitrogens is 4. The molecule has 0 amide bonds. The molecule has 0 fully saturated rings. The Bertz CT molecular complexity index is 5720. The normalized spacial score (nSPS) is 12.6. The van der Waals surface area contributed by atoms with Crippen molar-refractivity contribution in [3.05, 3.63) is 265 Å². The molecule has 4 heteroatoms. The molecular formula is C88H54N4. The predicted molar refractivity (Wildman–Crippen MR) is 394 cm³/mol. The van der Waals surface area contributed by atoms with Gasteiger partial charge in [-0.25, -0.2) is 9.97 Å². The maximum absolute atomic E-state index is 6.46. The predicted octanol–water partition coefficient (Wildman–Crippen LogP) is 24.4. The Morgan fingerprint density at radius 2 is 0.380 bits per heavy atom. The molecule has 92 heavy (non-hydrogen) atoms. The minimum absolute atomic E-state index is 0.937. The first-order valence-electron chi connectivity index (χ1n) is 32.1. The fourth-order valence-corrected chi connectivity index (χ4v) is 17.0. The smallest absolute Gasteiger partial charge is 0.0822 e. The Balaban J connectivity index is 1.18. The number of hydrogen-bond acceptors (Lipinski definition) is 2. The SMILES string of the molecule is Cc1ccc(-c2c3nc(c(-c4ccc(C)cc4)c4[nH]c(c(-c5ccc(C)cc5)c5nc(c(-c6ccc(C)cc6)c6[nH]c2c2c7cccc8cccc(c87)c62)c2c6cccc7cccc(c76)c52)c2c5cccc6cccc(c65)c42)c2c4cccc5cccc(c54)c32)cc1. The first-order valence-corrected chi connectivity index (χ1v) is 32.1. The maximum Gasteiger partial charge on any atom is 0.0822 e. The second kappa shape index (κ2) is 18.0. The lowest BCUT2D eigenvalue weighted by atomic mass is 9.99. The van der Waals surface area contributed by atoms with E-state index in [-0.39, 0.29) is 0 Å².